The number of aromatic carboxylic acids is 1. The van der Waals surface area contributed by atoms with Gasteiger partial charge in [-0.05, 0) is 6.07 Å². The number of ether oxygens (including phenoxy) is 1. The van der Waals surface area contributed by atoms with Crippen LogP contribution < -0.4 is 4.74 Å². The molecule has 0 unspecified atom stereocenters. The zero-order chi connectivity index (χ0) is 11.5. The highest BCUT2D eigenvalue weighted by Gasteiger charge is 2.16. The van der Waals surface area contributed by atoms with Gasteiger partial charge >= 0.3 is 11.9 Å². The molecule has 0 atom stereocenters. The lowest BCUT2D eigenvalue weighted by atomic mass is 10.2. The fourth-order valence-electron chi connectivity index (χ4n) is 1.14. The third kappa shape index (κ3) is 1.70. The zero-order valence-electron chi connectivity index (χ0n) is 8.25. The molecule has 2 aromatic heterocycles. The van der Waals surface area contributed by atoms with Crippen LogP contribution in [0.1, 0.15) is 10.7 Å². The molecule has 0 aliphatic carbocycles. The molecule has 1 N–H and O–H groups in total. The van der Waals surface area contributed by atoms with Crippen LogP contribution in [0, 0.1) is 0 Å². The first kappa shape index (κ1) is 10.1. The van der Waals surface area contributed by atoms with E-state index in [4.69, 9.17) is 14.3 Å². The highest BCUT2D eigenvalue weighted by atomic mass is 16.5. The van der Waals surface area contributed by atoms with Gasteiger partial charge in [0.05, 0.1) is 18.9 Å². The SMILES string of the molecule is COc1cnccc1-c1nnc(C(=O)O)o1. The second-order valence-electron chi connectivity index (χ2n) is 2.79. The standard InChI is InChI=1S/C9H7N3O4/c1-15-6-4-10-3-2-5(6)7-11-12-8(16-7)9(13)14/h2-4H,1H3,(H,13,14). The second kappa shape index (κ2) is 3.97. The average Bonchev–Trinajstić information content (AvgIpc) is 2.78. The van der Waals surface area contributed by atoms with Crippen LogP contribution in [0.15, 0.2) is 22.9 Å². The Labute approximate surface area is 89.7 Å². The molecule has 0 bridgehead atoms. The van der Waals surface area contributed by atoms with Gasteiger partial charge in [0.1, 0.15) is 5.75 Å². The first-order valence-corrected chi connectivity index (χ1v) is 4.27. The molecule has 0 fully saturated rings. The van der Waals surface area contributed by atoms with Crippen LogP contribution in [0.4, 0.5) is 0 Å². The quantitative estimate of drug-likeness (QED) is 0.819. The van der Waals surface area contributed by atoms with Gasteiger partial charge in [0.15, 0.2) is 0 Å². The Morgan fingerprint density at radius 2 is 2.31 bits per heavy atom. The van der Waals surface area contributed by atoms with Crippen LogP contribution >= 0.6 is 0 Å². The van der Waals surface area contributed by atoms with Gasteiger partial charge in [-0.15, -0.1) is 10.2 Å². The van der Waals surface area contributed by atoms with Gasteiger partial charge in [0.2, 0.25) is 0 Å². The van der Waals surface area contributed by atoms with Crippen molar-refractivity contribution in [3.8, 4) is 17.2 Å². The summed E-state index contributed by atoms with van der Waals surface area (Å²) in [6, 6.07) is 1.60. The van der Waals surface area contributed by atoms with Crippen molar-refractivity contribution in [1.29, 1.82) is 0 Å². The minimum Gasteiger partial charge on any atom is -0.494 e. The lowest BCUT2D eigenvalue weighted by Gasteiger charge is -2.02. The van der Waals surface area contributed by atoms with E-state index in [1.165, 1.54) is 19.5 Å². The number of carbonyl (C=O) groups is 1. The Kier molecular flexibility index (Phi) is 2.50. The first-order chi connectivity index (χ1) is 7.72. The molecule has 0 saturated heterocycles. The van der Waals surface area contributed by atoms with E-state index in [2.05, 4.69) is 15.2 Å². The summed E-state index contributed by atoms with van der Waals surface area (Å²) in [5.74, 6) is -1.22. The summed E-state index contributed by atoms with van der Waals surface area (Å²) < 4.78 is 9.98. The van der Waals surface area contributed by atoms with Crippen LogP contribution in [0.3, 0.4) is 0 Å². The molecule has 0 aromatic carbocycles. The molecular formula is C9H7N3O4. The fraction of sp³-hybridized carbons (Fsp3) is 0.111. The summed E-state index contributed by atoms with van der Waals surface area (Å²) >= 11 is 0. The van der Waals surface area contributed by atoms with Crippen molar-refractivity contribution < 1.29 is 19.1 Å². The lowest BCUT2D eigenvalue weighted by Crippen LogP contribution is -1.95. The summed E-state index contributed by atoms with van der Waals surface area (Å²) in [7, 11) is 1.47. The average molecular weight is 221 g/mol. The number of carboxylic acid groups (broad SMARTS) is 1. The number of rotatable bonds is 3. The Balaban J connectivity index is 2.46. The maximum absolute atomic E-state index is 10.6. The molecule has 2 rings (SSSR count). The van der Waals surface area contributed by atoms with Crippen LogP contribution in [0.2, 0.25) is 0 Å². The summed E-state index contributed by atoms with van der Waals surface area (Å²) in [6.45, 7) is 0. The fourth-order valence-corrected chi connectivity index (χ4v) is 1.14. The molecule has 0 aliphatic rings. The molecule has 0 saturated carbocycles. The van der Waals surface area contributed by atoms with Crippen molar-refractivity contribution in [3.63, 3.8) is 0 Å². The predicted molar refractivity (Wildman–Crippen MR) is 51.0 cm³/mol. The maximum Gasteiger partial charge on any atom is 0.393 e. The van der Waals surface area contributed by atoms with Crippen LogP contribution in [-0.4, -0.2) is 33.4 Å². The number of nitrogens with zero attached hydrogens (tertiary/aromatic N) is 3. The maximum atomic E-state index is 10.6. The van der Waals surface area contributed by atoms with Crippen molar-refractivity contribution in [2.24, 2.45) is 0 Å². The monoisotopic (exact) mass is 221 g/mol. The second-order valence-corrected chi connectivity index (χ2v) is 2.79. The molecule has 16 heavy (non-hydrogen) atoms. The minimum absolute atomic E-state index is 0.0802. The van der Waals surface area contributed by atoms with Crippen molar-refractivity contribution in [1.82, 2.24) is 15.2 Å². The first-order valence-electron chi connectivity index (χ1n) is 4.27. The topological polar surface area (TPSA) is 98.3 Å². The lowest BCUT2D eigenvalue weighted by molar-refractivity contribution is 0.0654. The molecule has 82 valence electrons. The molecule has 2 heterocycles. The molecule has 0 aliphatic heterocycles. The number of hydrogen-bond donors (Lipinski definition) is 1. The van der Waals surface area contributed by atoms with E-state index in [-0.39, 0.29) is 5.89 Å². The summed E-state index contributed by atoms with van der Waals surface area (Å²) in [5, 5.41) is 15.6. The van der Waals surface area contributed by atoms with E-state index in [9.17, 15) is 4.79 Å². The van der Waals surface area contributed by atoms with E-state index >= 15 is 0 Å². The minimum atomic E-state index is -1.27. The Hall–Kier alpha value is -2.44. The van der Waals surface area contributed by atoms with E-state index in [1.807, 2.05) is 0 Å². The molecule has 2 aromatic rings. The molecule has 0 spiro atoms. The van der Waals surface area contributed by atoms with Crippen LogP contribution in [-0.2, 0) is 0 Å². The third-order valence-corrected chi connectivity index (χ3v) is 1.84. The Morgan fingerprint density at radius 1 is 1.50 bits per heavy atom. The van der Waals surface area contributed by atoms with E-state index in [0.29, 0.717) is 11.3 Å². The highest BCUT2D eigenvalue weighted by molar-refractivity contribution is 5.82. The number of carboxylic acids is 1. The summed E-state index contributed by atoms with van der Waals surface area (Å²) in [5.41, 5.74) is 0.498. The van der Waals surface area contributed by atoms with Gasteiger partial charge in [-0.3, -0.25) is 4.98 Å². The Morgan fingerprint density at radius 3 is 2.94 bits per heavy atom. The van der Waals surface area contributed by atoms with Gasteiger partial charge in [-0.25, -0.2) is 4.79 Å². The van der Waals surface area contributed by atoms with Crippen molar-refractivity contribution in [3.05, 3.63) is 24.4 Å². The van der Waals surface area contributed by atoms with Gasteiger partial charge < -0.3 is 14.3 Å². The third-order valence-electron chi connectivity index (χ3n) is 1.84. The summed E-state index contributed by atoms with van der Waals surface area (Å²) in [6.07, 6.45) is 2.99. The van der Waals surface area contributed by atoms with E-state index < -0.39 is 11.9 Å². The van der Waals surface area contributed by atoms with Gasteiger partial charge in [-0.2, -0.15) is 0 Å². The Bertz CT molecular complexity index is 523. The smallest absolute Gasteiger partial charge is 0.393 e. The molecule has 0 amide bonds. The number of methoxy groups -OCH3 is 1. The van der Waals surface area contributed by atoms with Gasteiger partial charge in [-0.1, -0.05) is 0 Å². The highest BCUT2D eigenvalue weighted by Crippen LogP contribution is 2.27. The van der Waals surface area contributed by atoms with E-state index in [0.717, 1.165) is 0 Å². The zero-order valence-corrected chi connectivity index (χ0v) is 8.25. The van der Waals surface area contributed by atoms with Crippen molar-refractivity contribution in [2.75, 3.05) is 7.11 Å². The number of pyridine rings is 1. The largest absolute Gasteiger partial charge is 0.494 e. The van der Waals surface area contributed by atoms with Crippen LogP contribution in [0.5, 0.6) is 5.75 Å². The molecule has 7 heteroatoms. The molecular weight excluding hydrogens is 214 g/mol. The van der Waals surface area contributed by atoms with Gasteiger partial charge in [0, 0.05) is 6.20 Å². The number of aromatic nitrogens is 3. The normalized spacial score (nSPS) is 10.1. The summed E-state index contributed by atoms with van der Waals surface area (Å²) in [4.78, 5) is 14.4. The van der Waals surface area contributed by atoms with Gasteiger partial charge in [0.25, 0.3) is 5.89 Å². The van der Waals surface area contributed by atoms with Crippen molar-refractivity contribution in [2.45, 2.75) is 0 Å². The van der Waals surface area contributed by atoms with Crippen LogP contribution in [0.25, 0.3) is 11.5 Å². The molecule has 0 radical (unpaired) electrons. The molecule has 7 nitrogen and oxygen atoms in total. The predicted octanol–water partition coefficient (Wildman–Crippen LogP) is 0.838. The van der Waals surface area contributed by atoms with Crippen molar-refractivity contribution >= 4 is 5.97 Å². The number of hydrogen-bond acceptors (Lipinski definition) is 6. The van der Waals surface area contributed by atoms with E-state index in [1.54, 1.807) is 6.07 Å².